The lowest BCUT2D eigenvalue weighted by molar-refractivity contribution is 0.0696. The van der Waals surface area contributed by atoms with Gasteiger partial charge in [-0.05, 0) is 18.1 Å². The van der Waals surface area contributed by atoms with Crippen LogP contribution in [0.1, 0.15) is 35.8 Å². The Morgan fingerprint density at radius 2 is 2.29 bits per heavy atom. The van der Waals surface area contributed by atoms with E-state index in [0.29, 0.717) is 18.3 Å². The molecule has 4 heteroatoms. The summed E-state index contributed by atoms with van der Waals surface area (Å²) >= 11 is 0. The van der Waals surface area contributed by atoms with Gasteiger partial charge in [0.1, 0.15) is 12.4 Å². The minimum Gasteiger partial charge on any atom is -0.492 e. The second-order valence-corrected chi connectivity index (χ2v) is 4.58. The Morgan fingerprint density at radius 1 is 1.53 bits per heavy atom. The van der Waals surface area contributed by atoms with E-state index in [1.807, 2.05) is 6.07 Å². The first kappa shape index (κ1) is 11.9. The molecule has 0 aromatic heterocycles. The van der Waals surface area contributed by atoms with E-state index in [1.54, 1.807) is 12.1 Å². The lowest BCUT2D eigenvalue weighted by Gasteiger charge is -2.21. The van der Waals surface area contributed by atoms with Gasteiger partial charge in [0.25, 0.3) is 0 Å². The minimum atomic E-state index is -0.922. The molecule has 0 spiro atoms. The zero-order valence-electron chi connectivity index (χ0n) is 10.1. The standard InChI is InChI=1S/C13H17NO3/c1-8(2)12-10-4-3-9(13(15)16)7-11(10)17-6-5-14-12/h3-4,7-8,12,14H,5-6H2,1-2H3,(H,15,16). The fourth-order valence-electron chi connectivity index (χ4n) is 2.13. The summed E-state index contributed by atoms with van der Waals surface area (Å²) < 4.78 is 5.59. The van der Waals surface area contributed by atoms with E-state index in [2.05, 4.69) is 19.2 Å². The molecule has 0 saturated carbocycles. The fourth-order valence-corrected chi connectivity index (χ4v) is 2.13. The Hall–Kier alpha value is -1.55. The molecule has 0 saturated heterocycles. The molecule has 1 aromatic rings. The Balaban J connectivity index is 2.42. The lowest BCUT2D eigenvalue weighted by atomic mass is 9.94. The number of nitrogens with one attached hydrogen (secondary N) is 1. The Kier molecular flexibility index (Phi) is 3.33. The van der Waals surface area contributed by atoms with Gasteiger partial charge in [-0.2, -0.15) is 0 Å². The molecule has 0 aliphatic carbocycles. The first-order valence-corrected chi connectivity index (χ1v) is 5.83. The molecule has 1 aliphatic rings. The van der Waals surface area contributed by atoms with Crippen molar-refractivity contribution < 1.29 is 14.6 Å². The third kappa shape index (κ3) is 2.42. The van der Waals surface area contributed by atoms with Crippen LogP contribution in [0.3, 0.4) is 0 Å². The molecule has 0 radical (unpaired) electrons. The molecule has 92 valence electrons. The molecule has 1 aromatic carbocycles. The number of hydrogen-bond donors (Lipinski definition) is 2. The second kappa shape index (κ2) is 4.75. The first-order chi connectivity index (χ1) is 8.09. The number of hydrogen-bond acceptors (Lipinski definition) is 3. The van der Waals surface area contributed by atoms with Crippen molar-refractivity contribution in [3.63, 3.8) is 0 Å². The van der Waals surface area contributed by atoms with Crippen LogP contribution in [0.5, 0.6) is 5.75 Å². The predicted molar refractivity (Wildman–Crippen MR) is 64.5 cm³/mol. The molecular weight excluding hydrogens is 218 g/mol. The number of ether oxygens (including phenoxy) is 1. The number of benzene rings is 1. The van der Waals surface area contributed by atoms with Crippen molar-refractivity contribution in [2.75, 3.05) is 13.2 Å². The van der Waals surface area contributed by atoms with Crippen molar-refractivity contribution in [1.29, 1.82) is 0 Å². The molecule has 1 atom stereocenters. The summed E-state index contributed by atoms with van der Waals surface area (Å²) in [6, 6.07) is 5.31. The maximum atomic E-state index is 10.9. The van der Waals surface area contributed by atoms with E-state index in [0.717, 1.165) is 12.1 Å². The Morgan fingerprint density at radius 3 is 2.94 bits per heavy atom. The van der Waals surface area contributed by atoms with Crippen molar-refractivity contribution in [3.8, 4) is 5.75 Å². The molecule has 4 nitrogen and oxygen atoms in total. The predicted octanol–water partition coefficient (Wildman–Crippen LogP) is 2.06. The van der Waals surface area contributed by atoms with Crippen LogP contribution >= 0.6 is 0 Å². The SMILES string of the molecule is CC(C)C1NCCOc2cc(C(=O)O)ccc21. The smallest absolute Gasteiger partial charge is 0.335 e. The first-order valence-electron chi connectivity index (χ1n) is 5.83. The van der Waals surface area contributed by atoms with Crippen LogP contribution in [-0.4, -0.2) is 24.2 Å². The largest absolute Gasteiger partial charge is 0.492 e. The molecule has 17 heavy (non-hydrogen) atoms. The number of carboxylic acid groups (broad SMARTS) is 1. The van der Waals surface area contributed by atoms with Gasteiger partial charge in [-0.25, -0.2) is 4.79 Å². The molecule has 0 bridgehead atoms. The van der Waals surface area contributed by atoms with Gasteiger partial charge in [-0.1, -0.05) is 19.9 Å². The molecule has 0 amide bonds. The number of carboxylic acids is 1. The summed E-state index contributed by atoms with van der Waals surface area (Å²) in [5, 5.41) is 12.4. The highest BCUT2D eigenvalue weighted by Crippen LogP contribution is 2.32. The van der Waals surface area contributed by atoms with Crippen molar-refractivity contribution in [2.45, 2.75) is 19.9 Å². The number of aromatic carboxylic acids is 1. The van der Waals surface area contributed by atoms with Crippen molar-refractivity contribution in [2.24, 2.45) is 5.92 Å². The van der Waals surface area contributed by atoms with Crippen LogP contribution in [0.25, 0.3) is 0 Å². The highest BCUT2D eigenvalue weighted by Gasteiger charge is 2.22. The van der Waals surface area contributed by atoms with Gasteiger partial charge < -0.3 is 15.2 Å². The molecule has 2 rings (SSSR count). The molecule has 1 heterocycles. The zero-order chi connectivity index (χ0) is 12.4. The van der Waals surface area contributed by atoms with E-state index < -0.39 is 5.97 Å². The number of rotatable bonds is 2. The molecule has 1 aliphatic heterocycles. The fraction of sp³-hybridized carbons (Fsp3) is 0.462. The van der Waals surface area contributed by atoms with Gasteiger partial charge in [0, 0.05) is 18.2 Å². The normalized spacial score (nSPS) is 19.4. The van der Waals surface area contributed by atoms with Gasteiger partial charge in [-0.15, -0.1) is 0 Å². The summed E-state index contributed by atoms with van der Waals surface area (Å²) in [4.78, 5) is 10.9. The van der Waals surface area contributed by atoms with Gasteiger partial charge in [0.05, 0.1) is 5.56 Å². The van der Waals surface area contributed by atoms with E-state index in [-0.39, 0.29) is 11.6 Å². The Labute approximate surface area is 101 Å². The maximum absolute atomic E-state index is 10.9. The van der Waals surface area contributed by atoms with Crippen LogP contribution in [0, 0.1) is 5.92 Å². The highest BCUT2D eigenvalue weighted by molar-refractivity contribution is 5.88. The molecule has 0 fully saturated rings. The lowest BCUT2D eigenvalue weighted by Crippen LogP contribution is -2.26. The van der Waals surface area contributed by atoms with Crippen molar-refractivity contribution >= 4 is 5.97 Å². The van der Waals surface area contributed by atoms with E-state index >= 15 is 0 Å². The average molecular weight is 235 g/mol. The third-order valence-electron chi connectivity index (χ3n) is 2.99. The third-order valence-corrected chi connectivity index (χ3v) is 2.99. The van der Waals surface area contributed by atoms with Crippen LogP contribution < -0.4 is 10.1 Å². The summed E-state index contributed by atoms with van der Waals surface area (Å²) in [5.41, 5.74) is 1.32. The van der Waals surface area contributed by atoms with Crippen LogP contribution in [0.4, 0.5) is 0 Å². The van der Waals surface area contributed by atoms with Gasteiger partial charge in [-0.3, -0.25) is 0 Å². The summed E-state index contributed by atoms with van der Waals surface area (Å²) in [6.07, 6.45) is 0. The van der Waals surface area contributed by atoms with Gasteiger partial charge in [0.15, 0.2) is 0 Å². The second-order valence-electron chi connectivity index (χ2n) is 4.58. The molecular formula is C13H17NO3. The van der Waals surface area contributed by atoms with Crippen molar-refractivity contribution in [3.05, 3.63) is 29.3 Å². The van der Waals surface area contributed by atoms with E-state index in [4.69, 9.17) is 9.84 Å². The highest BCUT2D eigenvalue weighted by atomic mass is 16.5. The minimum absolute atomic E-state index is 0.218. The quantitative estimate of drug-likeness (QED) is 0.823. The summed E-state index contributed by atoms with van der Waals surface area (Å²) in [7, 11) is 0. The van der Waals surface area contributed by atoms with E-state index in [9.17, 15) is 4.79 Å². The van der Waals surface area contributed by atoms with Gasteiger partial charge in [0.2, 0.25) is 0 Å². The van der Waals surface area contributed by atoms with E-state index in [1.165, 1.54) is 0 Å². The maximum Gasteiger partial charge on any atom is 0.335 e. The molecule has 1 unspecified atom stereocenters. The number of carbonyl (C=O) groups is 1. The monoisotopic (exact) mass is 235 g/mol. The van der Waals surface area contributed by atoms with Crippen LogP contribution in [-0.2, 0) is 0 Å². The van der Waals surface area contributed by atoms with Crippen LogP contribution in [0.2, 0.25) is 0 Å². The summed E-state index contributed by atoms with van der Waals surface area (Å²) in [5.74, 6) is 0.203. The Bertz CT molecular complexity index is 429. The van der Waals surface area contributed by atoms with Gasteiger partial charge >= 0.3 is 5.97 Å². The van der Waals surface area contributed by atoms with Crippen LogP contribution in [0.15, 0.2) is 18.2 Å². The topological polar surface area (TPSA) is 58.6 Å². The average Bonchev–Trinajstić information content (AvgIpc) is 2.49. The summed E-state index contributed by atoms with van der Waals surface area (Å²) in [6.45, 7) is 5.62. The number of fused-ring (bicyclic) bond motifs is 1. The zero-order valence-corrected chi connectivity index (χ0v) is 10.1. The molecule has 2 N–H and O–H groups in total. The van der Waals surface area contributed by atoms with Crippen molar-refractivity contribution in [1.82, 2.24) is 5.32 Å².